The summed E-state index contributed by atoms with van der Waals surface area (Å²) < 4.78 is 10.4. The van der Waals surface area contributed by atoms with E-state index in [9.17, 15) is 9.90 Å². The molecule has 2 aromatic rings. The van der Waals surface area contributed by atoms with Crippen molar-refractivity contribution in [1.82, 2.24) is 5.16 Å². The maximum absolute atomic E-state index is 11.2. The lowest BCUT2D eigenvalue weighted by Gasteiger charge is -2.12. The molecule has 1 heterocycles. The Labute approximate surface area is 110 Å². The summed E-state index contributed by atoms with van der Waals surface area (Å²) in [5.41, 5.74) is 3.06. The SMILES string of the molecule is COc1cc(C)cc(C)c1-c1c(C(=O)O)noc1C. The molecule has 0 amide bonds. The standard InChI is InChI=1S/C14H15NO4/c1-7-5-8(2)11(10(6-7)18-4)12-9(3)19-15-13(12)14(16)17/h5-6H,1-4H3,(H,16,17). The van der Waals surface area contributed by atoms with E-state index in [0.717, 1.165) is 11.1 Å². The summed E-state index contributed by atoms with van der Waals surface area (Å²) >= 11 is 0. The van der Waals surface area contributed by atoms with Gasteiger partial charge in [-0.25, -0.2) is 4.79 Å². The number of benzene rings is 1. The summed E-state index contributed by atoms with van der Waals surface area (Å²) in [7, 11) is 1.56. The predicted octanol–water partition coefficient (Wildman–Crippen LogP) is 2.97. The van der Waals surface area contributed by atoms with Gasteiger partial charge in [0.2, 0.25) is 0 Å². The first-order valence-electron chi connectivity index (χ1n) is 5.81. The second kappa shape index (κ2) is 4.76. The minimum Gasteiger partial charge on any atom is -0.496 e. The lowest BCUT2D eigenvalue weighted by molar-refractivity contribution is 0.0686. The van der Waals surface area contributed by atoms with Crippen molar-refractivity contribution in [3.8, 4) is 16.9 Å². The Morgan fingerprint density at radius 1 is 1.26 bits per heavy atom. The third kappa shape index (κ3) is 2.19. The Kier molecular flexibility index (Phi) is 3.29. The zero-order valence-corrected chi connectivity index (χ0v) is 11.3. The van der Waals surface area contributed by atoms with Crippen molar-refractivity contribution in [1.29, 1.82) is 0 Å². The zero-order valence-electron chi connectivity index (χ0n) is 11.3. The van der Waals surface area contributed by atoms with Crippen LogP contribution in [0.25, 0.3) is 11.1 Å². The molecule has 0 spiro atoms. The number of carboxylic acids is 1. The normalized spacial score (nSPS) is 10.5. The number of aryl methyl sites for hydroxylation is 3. The van der Waals surface area contributed by atoms with Crippen molar-refractivity contribution >= 4 is 5.97 Å². The summed E-state index contributed by atoms with van der Waals surface area (Å²) in [5.74, 6) is -0.0390. The molecule has 0 saturated heterocycles. The van der Waals surface area contributed by atoms with Gasteiger partial charge in [0, 0.05) is 5.56 Å². The highest BCUT2D eigenvalue weighted by Gasteiger charge is 2.24. The van der Waals surface area contributed by atoms with E-state index in [2.05, 4.69) is 5.16 Å². The fourth-order valence-corrected chi connectivity index (χ4v) is 2.22. The van der Waals surface area contributed by atoms with Crippen LogP contribution < -0.4 is 4.74 Å². The summed E-state index contributed by atoms with van der Waals surface area (Å²) in [6.07, 6.45) is 0. The molecule has 0 aliphatic rings. The van der Waals surface area contributed by atoms with Gasteiger partial charge in [-0.2, -0.15) is 0 Å². The van der Waals surface area contributed by atoms with Crippen LogP contribution in [0, 0.1) is 20.8 Å². The Balaban J connectivity index is 2.79. The third-order valence-corrected chi connectivity index (χ3v) is 2.98. The van der Waals surface area contributed by atoms with Crippen molar-refractivity contribution in [2.24, 2.45) is 0 Å². The first-order chi connectivity index (χ1) is 8.95. The van der Waals surface area contributed by atoms with Crippen molar-refractivity contribution in [3.63, 3.8) is 0 Å². The summed E-state index contributed by atoms with van der Waals surface area (Å²) in [4.78, 5) is 11.2. The van der Waals surface area contributed by atoms with Gasteiger partial charge >= 0.3 is 5.97 Å². The topological polar surface area (TPSA) is 72.6 Å². The summed E-state index contributed by atoms with van der Waals surface area (Å²) in [6.45, 7) is 5.55. The first kappa shape index (κ1) is 13.1. The van der Waals surface area contributed by atoms with E-state index in [-0.39, 0.29) is 5.69 Å². The molecule has 0 bridgehead atoms. The van der Waals surface area contributed by atoms with Crippen LogP contribution >= 0.6 is 0 Å². The molecule has 0 aliphatic carbocycles. The number of aromatic carboxylic acids is 1. The molecule has 0 saturated carbocycles. The van der Waals surface area contributed by atoms with Gasteiger partial charge in [-0.15, -0.1) is 0 Å². The summed E-state index contributed by atoms with van der Waals surface area (Å²) in [6, 6.07) is 3.83. The van der Waals surface area contributed by atoms with Crippen molar-refractivity contribution in [3.05, 3.63) is 34.7 Å². The molecule has 5 nitrogen and oxygen atoms in total. The van der Waals surface area contributed by atoms with Gasteiger partial charge in [-0.3, -0.25) is 0 Å². The quantitative estimate of drug-likeness (QED) is 0.919. The van der Waals surface area contributed by atoms with E-state index >= 15 is 0 Å². The first-order valence-corrected chi connectivity index (χ1v) is 5.81. The largest absolute Gasteiger partial charge is 0.496 e. The highest BCUT2D eigenvalue weighted by molar-refractivity contribution is 5.96. The van der Waals surface area contributed by atoms with Gasteiger partial charge in [-0.05, 0) is 38.0 Å². The Bertz CT molecular complexity index is 643. The molecular formula is C14H15NO4. The Hall–Kier alpha value is -2.30. The maximum Gasteiger partial charge on any atom is 0.358 e. The van der Waals surface area contributed by atoms with Crippen LogP contribution in [-0.4, -0.2) is 23.3 Å². The molecule has 1 N–H and O–H groups in total. The monoisotopic (exact) mass is 261 g/mol. The molecule has 0 aliphatic heterocycles. The third-order valence-electron chi connectivity index (χ3n) is 2.98. The fraction of sp³-hybridized carbons (Fsp3) is 0.286. The smallest absolute Gasteiger partial charge is 0.358 e. The highest BCUT2D eigenvalue weighted by Crippen LogP contribution is 2.38. The van der Waals surface area contributed by atoms with E-state index in [1.807, 2.05) is 26.0 Å². The second-order valence-electron chi connectivity index (χ2n) is 4.43. The van der Waals surface area contributed by atoms with E-state index < -0.39 is 5.97 Å². The van der Waals surface area contributed by atoms with Crippen molar-refractivity contribution < 1.29 is 19.2 Å². The number of hydrogen-bond donors (Lipinski definition) is 1. The van der Waals surface area contributed by atoms with Crippen LogP contribution in [0.4, 0.5) is 0 Å². The Morgan fingerprint density at radius 3 is 2.53 bits per heavy atom. The van der Waals surface area contributed by atoms with Crippen LogP contribution in [0.5, 0.6) is 5.75 Å². The minimum atomic E-state index is -1.12. The average Bonchev–Trinajstić information content (AvgIpc) is 2.70. The van der Waals surface area contributed by atoms with Gasteiger partial charge in [0.05, 0.1) is 12.7 Å². The number of ether oxygens (including phenoxy) is 1. The van der Waals surface area contributed by atoms with Gasteiger partial charge in [0.1, 0.15) is 11.5 Å². The number of hydrogen-bond acceptors (Lipinski definition) is 4. The second-order valence-corrected chi connectivity index (χ2v) is 4.43. The number of methoxy groups -OCH3 is 1. The number of carbonyl (C=O) groups is 1. The molecule has 1 aromatic carbocycles. The van der Waals surface area contributed by atoms with Crippen LogP contribution in [0.3, 0.4) is 0 Å². The zero-order chi connectivity index (χ0) is 14.2. The van der Waals surface area contributed by atoms with Crippen LogP contribution in [0.15, 0.2) is 16.7 Å². The van der Waals surface area contributed by atoms with Crippen molar-refractivity contribution in [2.45, 2.75) is 20.8 Å². The molecule has 2 rings (SSSR count). The van der Waals surface area contributed by atoms with Gasteiger partial charge in [-0.1, -0.05) is 11.2 Å². The van der Waals surface area contributed by atoms with E-state index in [1.165, 1.54) is 0 Å². The molecule has 100 valence electrons. The number of aromatic nitrogens is 1. The van der Waals surface area contributed by atoms with Gasteiger partial charge in [0.25, 0.3) is 0 Å². The van der Waals surface area contributed by atoms with E-state index in [1.54, 1.807) is 14.0 Å². The van der Waals surface area contributed by atoms with Crippen LogP contribution in [0.1, 0.15) is 27.4 Å². The minimum absolute atomic E-state index is 0.0947. The fourth-order valence-electron chi connectivity index (χ4n) is 2.22. The van der Waals surface area contributed by atoms with Gasteiger partial charge in [0.15, 0.2) is 5.69 Å². The van der Waals surface area contributed by atoms with Gasteiger partial charge < -0.3 is 14.4 Å². The molecule has 5 heteroatoms. The highest BCUT2D eigenvalue weighted by atomic mass is 16.5. The molecule has 0 fully saturated rings. The van der Waals surface area contributed by atoms with Crippen LogP contribution in [0.2, 0.25) is 0 Å². The number of carboxylic acid groups (broad SMARTS) is 1. The molecule has 0 atom stereocenters. The molecule has 0 radical (unpaired) electrons. The number of rotatable bonds is 3. The van der Waals surface area contributed by atoms with Crippen LogP contribution in [-0.2, 0) is 0 Å². The maximum atomic E-state index is 11.2. The molecular weight excluding hydrogens is 246 g/mol. The summed E-state index contributed by atoms with van der Waals surface area (Å²) in [5, 5.41) is 12.8. The van der Waals surface area contributed by atoms with E-state index in [0.29, 0.717) is 22.6 Å². The molecule has 0 unspecified atom stereocenters. The Morgan fingerprint density at radius 2 is 1.95 bits per heavy atom. The predicted molar refractivity (Wildman–Crippen MR) is 69.7 cm³/mol. The lowest BCUT2D eigenvalue weighted by Crippen LogP contribution is -2.01. The molecule has 19 heavy (non-hydrogen) atoms. The van der Waals surface area contributed by atoms with Crippen molar-refractivity contribution in [2.75, 3.05) is 7.11 Å². The number of nitrogens with zero attached hydrogens (tertiary/aromatic N) is 1. The van der Waals surface area contributed by atoms with E-state index in [4.69, 9.17) is 9.26 Å². The molecule has 1 aromatic heterocycles. The average molecular weight is 261 g/mol. The lowest BCUT2D eigenvalue weighted by atomic mass is 9.96.